The van der Waals surface area contributed by atoms with Crippen LogP contribution in [-0.4, -0.2) is 20.8 Å². The summed E-state index contributed by atoms with van der Waals surface area (Å²) in [5, 5.41) is 13.6. The van der Waals surface area contributed by atoms with Gasteiger partial charge < -0.3 is 5.73 Å². The number of benzene rings is 1. The van der Waals surface area contributed by atoms with E-state index in [-0.39, 0.29) is 17.9 Å². The van der Waals surface area contributed by atoms with Crippen molar-refractivity contribution in [2.24, 2.45) is 5.73 Å². The predicted molar refractivity (Wildman–Crippen MR) is 72.6 cm³/mol. The lowest BCUT2D eigenvalue weighted by atomic mass is 9.98. The predicted octanol–water partition coefficient (Wildman–Crippen LogP) is 2.13. The normalized spacial score (nSPS) is 13.8. The zero-order valence-corrected chi connectivity index (χ0v) is 11.2. The molecule has 1 heterocycles. The van der Waals surface area contributed by atoms with Gasteiger partial charge >= 0.3 is 0 Å². The van der Waals surface area contributed by atoms with E-state index in [0.29, 0.717) is 5.02 Å². The molecule has 2 unspecified atom stereocenters. The number of aromatic nitrogens is 3. The summed E-state index contributed by atoms with van der Waals surface area (Å²) in [5.74, 6) is 0.135. The minimum absolute atomic E-state index is 0.133. The van der Waals surface area contributed by atoms with Crippen molar-refractivity contribution in [2.75, 3.05) is 0 Å². The molecule has 1 aromatic carbocycles. The van der Waals surface area contributed by atoms with E-state index in [0.717, 1.165) is 12.0 Å². The SMILES string of the molecule is CCC(N)C(c1cccc(Cl)c1)n1cnc(C#N)n1. The molecule has 5 nitrogen and oxygen atoms in total. The number of hydrogen-bond acceptors (Lipinski definition) is 4. The van der Waals surface area contributed by atoms with Crippen LogP contribution in [0.15, 0.2) is 30.6 Å². The van der Waals surface area contributed by atoms with Gasteiger partial charge in [-0.25, -0.2) is 9.67 Å². The topological polar surface area (TPSA) is 80.5 Å². The lowest BCUT2D eigenvalue weighted by Crippen LogP contribution is -2.33. The summed E-state index contributed by atoms with van der Waals surface area (Å²) in [7, 11) is 0. The van der Waals surface area contributed by atoms with Crippen LogP contribution < -0.4 is 5.73 Å². The molecule has 0 aliphatic carbocycles. The minimum atomic E-state index is -0.182. The molecule has 0 saturated heterocycles. The molecule has 0 bridgehead atoms. The first-order valence-electron chi connectivity index (χ1n) is 5.98. The third-order valence-electron chi connectivity index (χ3n) is 2.96. The Kier molecular flexibility index (Phi) is 4.15. The Morgan fingerprint density at radius 3 is 2.89 bits per heavy atom. The van der Waals surface area contributed by atoms with Gasteiger partial charge in [-0.3, -0.25) is 0 Å². The molecule has 0 saturated carbocycles. The molecule has 0 aliphatic heterocycles. The molecule has 6 heteroatoms. The van der Waals surface area contributed by atoms with Gasteiger partial charge in [0.1, 0.15) is 12.4 Å². The summed E-state index contributed by atoms with van der Waals surface area (Å²) >= 11 is 6.02. The van der Waals surface area contributed by atoms with E-state index >= 15 is 0 Å². The van der Waals surface area contributed by atoms with Gasteiger partial charge in [0.25, 0.3) is 5.82 Å². The fraction of sp³-hybridized carbons (Fsp3) is 0.308. The number of nitrogens with zero attached hydrogens (tertiary/aromatic N) is 4. The maximum atomic E-state index is 8.80. The van der Waals surface area contributed by atoms with Crippen LogP contribution in [0.4, 0.5) is 0 Å². The van der Waals surface area contributed by atoms with Crippen molar-refractivity contribution < 1.29 is 0 Å². The second kappa shape index (κ2) is 5.83. The quantitative estimate of drug-likeness (QED) is 0.927. The molecule has 1 aromatic heterocycles. The molecule has 2 atom stereocenters. The lowest BCUT2D eigenvalue weighted by Gasteiger charge is -2.23. The van der Waals surface area contributed by atoms with Crippen LogP contribution in [0.2, 0.25) is 5.02 Å². The van der Waals surface area contributed by atoms with Crippen molar-refractivity contribution >= 4 is 11.6 Å². The first-order valence-corrected chi connectivity index (χ1v) is 6.35. The molecule has 0 amide bonds. The maximum Gasteiger partial charge on any atom is 0.252 e. The van der Waals surface area contributed by atoms with Gasteiger partial charge in [0.2, 0.25) is 0 Å². The van der Waals surface area contributed by atoms with Crippen LogP contribution in [0.3, 0.4) is 0 Å². The molecule has 0 spiro atoms. The Bertz CT molecular complexity index is 601. The van der Waals surface area contributed by atoms with E-state index in [2.05, 4.69) is 10.1 Å². The van der Waals surface area contributed by atoms with Crippen LogP contribution in [0.25, 0.3) is 0 Å². The Morgan fingerprint density at radius 2 is 2.32 bits per heavy atom. The van der Waals surface area contributed by atoms with E-state index in [1.807, 2.05) is 37.3 Å². The van der Waals surface area contributed by atoms with E-state index in [9.17, 15) is 0 Å². The Balaban J connectivity index is 2.44. The van der Waals surface area contributed by atoms with Crippen molar-refractivity contribution in [3.8, 4) is 6.07 Å². The monoisotopic (exact) mass is 275 g/mol. The first kappa shape index (κ1) is 13.5. The molecule has 0 aliphatic rings. The Labute approximate surface area is 116 Å². The van der Waals surface area contributed by atoms with E-state index in [1.165, 1.54) is 6.33 Å². The second-order valence-corrected chi connectivity index (χ2v) is 4.67. The average Bonchev–Trinajstić information content (AvgIpc) is 2.87. The molecule has 98 valence electrons. The summed E-state index contributed by atoms with van der Waals surface area (Å²) < 4.78 is 1.62. The third kappa shape index (κ3) is 2.92. The zero-order chi connectivity index (χ0) is 13.8. The highest BCUT2D eigenvalue weighted by Gasteiger charge is 2.22. The summed E-state index contributed by atoms with van der Waals surface area (Å²) in [5.41, 5.74) is 7.12. The van der Waals surface area contributed by atoms with Crippen LogP contribution in [-0.2, 0) is 0 Å². The van der Waals surface area contributed by atoms with Crippen LogP contribution >= 0.6 is 11.6 Å². The van der Waals surface area contributed by atoms with Crippen molar-refractivity contribution in [3.63, 3.8) is 0 Å². The highest BCUT2D eigenvalue weighted by Crippen LogP contribution is 2.24. The fourth-order valence-corrected chi connectivity index (χ4v) is 2.17. The third-order valence-corrected chi connectivity index (χ3v) is 3.20. The standard InChI is InChI=1S/C13H14ClN5/c1-2-11(16)13(9-4-3-5-10(14)6-9)19-8-17-12(7-15)18-19/h3-6,8,11,13H,2,16H2,1H3. The van der Waals surface area contributed by atoms with Gasteiger partial charge in [0.15, 0.2) is 0 Å². The van der Waals surface area contributed by atoms with Crippen LogP contribution in [0.5, 0.6) is 0 Å². The van der Waals surface area contributed by atoms with Crippen molar-refractivity contribution in [3.05, 3.63) is 47.0 Å². The average molecular weight is 276 g/mol. The van der Waals surface area contributed by atoms with Crippen LogP contribution in [0.1, 0.15) is 30.8 Å². The summed E-state index contributed by atoms with van der Waals surface area (Å²) in [6.45, 7) is 2.00. The van der Waals surface area contributed by atoms with Gasteiger partial charge in [-0.2, -0.15) is 5.26 Å². The van der Waals surface area contributed by atoms with E-state index in [1.54, 1.807) is 4.68 Å². The summed E-state index contributed by atoms with van der Waals surface area (Å²) in [6.07, 6.45) is 2.30. The number of hydrogen-bond donors (Lipinski definition) is 1. The molecule has 2 N–H and O–H groups in total. The van der Waals surface area contributed by atoms with Crippen LogP contribution in [0, 0.1) is 11.3 Å². The van der Waals surface area contributed by atoms with Crippen molar-refractivity contribution in [2.45, 2.75) is 25.4 Å². The van der Waals surface area contributed by atoms with Gasteiger partial charge in [0.05, 0.1) is 6.04 Å². The largest absolute Gasteiger partial charge is 0.326 e. The minimum Gasteiger partial charge on any atom is -0.326 e. The van der Waals surface area contributed by atoms with Crippen molar-refractivity contribution in [1.29, 1.82) is 5.26 Å². The summed E-state index contributed by atoms with van der Waals surface area (Å²) in [4.78, 5) is 3.92. The molecular weight excluding hydrogens is 262 g/mol. The van der Waals surface area contributed by atoms with E-state index in [4.69, 9.17) is 22.6 Å². The number of rotatable bonds is 4. The zero-order valence-electron chi connectivity index (χ0n) is 10.5. The van der Waals surface area contributed by atoms with Crippen molar-refractivity contribution in [1.82, 2.24) is 14.8 Å². The number of nitrogens with two attached hydrogens (primary N) is 1. The smallest absolute Gasteiger partial charge is 0.252 e. The molecule has 0 radical (unpaired) electrons. The molecule has 0 fully saturated rings. The second-order valence-electron chi connectivity index (χ2n) is 4.23. The molecule has 19 heavy (non-hydrogen) atoms. The Hall–Kier alpha value is -1.90. The van der Waals surface area contributed by atoms with E-state index < -0.39 is 0 Å². The highest BCUT2D eigenvalue weighted by molar-refractivity contribution is 6.30. The maximum absolute atomic E-state index is 8.80. The first-order chi connectivity index (χ1) is 9.15. The molecule has 2 rings (SSSR count). The van der Waals surface area contributed by atoms with Gasteiger partial charge in [-0.05, 0) is 24.1 Å². The fourth-order valence-electron chi connectivity index (χ4n) is 1.97. The number of nitriles is 1. The lowest BCUT2D eigenvalue weighted by molar-refractivity contribution is 0.422. The van der Waals surface area contributed by atoms with Gasteiger partial charge in [-0.1, -0.05) is 30.7 Å². The Morgan fingerprint density at radius 1 is 1.53 bits per heavy atom. The summed E-state index contributed by atoms with van der Waals surface area (Å²) in [6, 6.07) is 9.08. The van der Waals surface area contributed by atoms with Gasteiger partial charge in [-0.15, -0.1) is 5.10 Å². The highest BCUT2D eigenvalue weighted by atomic mass is 35.5. The molecular formula is C13H14ClN5. The molecule has 2 aromatic rings. The van der Waals surface area contributed by atoms with Gasteiger partial charge in [0, 0.05) is 11.1 Å². The number of halogens is 1.